The molecule has 0 aromatic heterocycles. The van der Waals surface area contributed by atoms with Crippen LogP contribution in [0, 0.1) is 0 Å². The highest BCUT2D eigenvalue weighted by atomic mass is 32.2. The van der Waals surface area contributed by atoms with Gasteiger partial charge in [0.25, 0.3) is 5.91 Å². The third-order valence-electron chi connectivity index (χ3n) is 4.94. The number of nitrogens with one attached hydrogen (secondary N) is 1. The van der Waals surface area contributed by atoms with E-state index >= 15 is 0 Å². The lowest BCUT2D eigenvalue weighted by atomic mass is 10.1. The molecular formula is C24H26N2O4S. The van der Waals surface area contributed by atoms with Crippen LogP contribution in [0.5, 0.6) is 5.75 Å². The molecule has 0 aliphatic carbocycles. The molecule has 3 rings (SSSR count). The van der Waals surface area contributed by atoms with Crippen LogP contribution < -0.4 is 14.4 Å². The summed E-state index contributed by atoms with van der Waals surface area (Å²) >= 11 is 0. The van der Waals surface area contributed by atoms with E-state index in [-0.39, 0.29) is 24.1 Å². The van der Waals surface area contributed by atoms with Crippen LogP contribution in [0.1, 0.15) is 34.5 Å². The molecule has 0 saturated carbocycles. The third kappa shape index (κ3) is 5.44. The first-order valence-corrected chi connectivity index (χ1v) is 11.7. The molecule has 1 unspecified atom stereocenters. The molecule has 31 heavy (non-hydrogen) atoms. The molecule has 0 spiro atoms. The van der Waals surface area contributed by atoms with Crippen molar-refractivity contribution in [2.45, 2.75) is 19.5 Å². The molecule has 1 atom stereocenters. The Labute approximate surface area is 183 Å². The van der Waals surface area contributed by atoms with Crippen LogP contribution in [0.25, 0.3) is 0 Å². The fourth-order valence-corrected chi connectivity index (χ4v) is 4.29. The molecular weight excluding hydrogens is 412 g/mol. The zero-order valence-corrected chi connectivity index (χ0v) is 18.6. The maximum Gasteiger partial charge on any atom is 0.253 e. The molecule has 1 N–H and O–H groups in total. The molecule has 0 heterocycles. The molecule has 7 heteroatoms. The Morgan fingerprint density at radius 1 is 0.968 bits per heavy atom. The van der Waals surface area contributed by atoms with Crippen molar-refractivity contribution in [3.8, 4) is 5.75 Å². The van der Waals surface area contributed by atoms with Gasteiger partial charge in [0.1, 0.15) is 5.75 Å². The minimum absolute atomic E-state index is 0.131. The molecule has 3 aromatic rings. The van der Waals surface area contributed by atoms with Crippen molar-refractivity contribution in [2.75, 3.05) is 17.7 Å². The largest absolute Gasteiger partial charge is 0.496 e. The molecule has 0 aliphatic rings. The standard InChI is InChI=1S/C24H26N2O4S/c1-18(20-13-8-10-16-23(20)30-2)25-24(27)21-14-7-9-15-22(21)26(31(3,28)29)17-19-11-5-4-6-12-19/h4-16,18H,17H2,1-3H3,(H,25,27). The van der Waals surface area contributed by atoms with Crippen molar-refractivity contribution < 1.29 is 17.9 Å². The number of carbonyl (C=O) groups excluding carboxylic acids is 1. The number of para-hydroxylation sites is 2. The summed E-state index contributed by atoms with van der Waals surface area (Å²) in [5.74, 6) is 0.307. The second-order valence-electron chi connectivity index (χ2n) is 7.21. The fourth-order valence-electron chi connectivity index (χ4n) is 3.39. The van der Waals surface area contributed by atoms with Gasteiger partial charge in [-0.1, -0.05) is 60.7 Å². The summed E-state index contributed by atoms with van der Waals surface area (Å²) < 4.78 is 31.9. The monoisotopic (exact) mass is 438 g/mol. The van der Waals surface area contributed by atoms with Crippen LogP contribution in [0.4, 0.5) is 5.69 Å². The normalized spacial score (nSPS) is 12.1. The number of nitrogens with zero attached hydrogens (tertiary/aromatic N) is 1. The predicted octanol–water partition coefficient (Wildman–Crippen LogP) is 4.15. The van der Waals surface area contributed by atoms with Crippen LogP contribution in [0.2, 0.25) is 0 Å². The Balaban J connectivity index is 1.93. The quantitative estimate of drug-likeness (QED) is 0.573. The van der Waals surface area contributed by atoms with E-state index in [0.717, 1.165) is 17.4 Å². The van der Waals surface area contributed by atoms with Crippen LogP contribution in [-0.4, -0.2) is 27.7 Å². The summed E-state index contributed by atoms with van der Waals surface area (Å²) in [6, 6.07) is 23.1. The zero-order valence-electron chi connectivity index (χ0n) is 17.8. The van der Waals surface area contributed by atoms with Gasteiger partial charge in [0.2, 0.25) is 10.0 Å². The van der Waals surface area contributed by atoms with Crippen molar-refractivity contribution in [3.63, 3.8) is 0 Å². The Hall–Kier alpha value is -3.32. The number of hydrogen-bond acceptors (Lipinski definition) is 4. The molecule has 162 valence electrons. The van der Waals surface area contributed by atoms with Crippen molar-refractivity contribution in [1.29, 1.82) is 0 Å². The topological polar surface area (TPSA) is 75.7 Å². The summed E-state index contributed by atoms with van der Waals surface area (Å²) in [6.45, 7) is 1.99. The first-order valence-electron chi connectivity index (χ1n) is 9.85. The lowest BCUT2D eigenvalue weighted by molar-refractivity contribution is 0.0940. The summed E-state index contributed by atoms with van der Waals surface area (Å²) in [7, 11) is -2.05. The van der Waals surface area contributed by atoms with Crippen molar-refractivity contribution in [2.24, 2.45) is 0 Å². The van der Waals surface area contributed by atoms with Gasteiger partial charge in [0.05, 0.1) is 37.2 Å². The number of anilines is 1. The van der Waals surface area contributed by atoms with E-state index in [9.17, 15) is 13.2 Å². The average molecular weight is 439 g/mol. The number of hydrogen-bond donors (Lipinski definition) is 1. The van der Waals surface area contributed by atoms with Crippen LogP contribution in [-0.2, 0) is 16.6 Å². The van der Waals surface area contributed by atoms with E-state index < -0.39 is 10.0 Å². The summed E-state index contributed by atoms with van der Waals surface area (Å²) in [4.78, 5) is 13.2. The highest BCUT2D eigenvalue weighted by Crippen LogP contribution is 2.28. The molecule has 3 aromatic carbocycles. The highest BCUT2D eigenvalue weighted by Gasteiger charge is 2.24. The number of sulfonamides is 1. The second kappa shape index (κ2) is 9.66. The smallest absolute Gasteiger partial charge is 0.253 e. The molecule has 0 radical (unpaired) electrons. The van der Waals surface area contributed by atoms with Gasteiger partial charge in [-0.15, -0.1) is 0 Å². The lowest BCUT2D eigenvalue weighted by Gasteiger charge is -2.25. The Morgan fingerprint density at radius 3 is 2.26 bits per heavy atom. The second-order valence-corrected chi connectivity index (χ2v) is 9.12. The predicted molar refractivity (Wildman–Crippen MR) is 123 cm³/mol. The summed E-state index contributed by atoms with van der Waals surface area (Å²) in [6.07, 6.45) is 1.14. The molecule has 0 saturated heterocycles. The fraction of sp³-hybridized carbons (Fsp3) is 0.208. The number of methoxy groups -OCH3 is 1. The van der Waals surface area contributed by atoms with Gasteiger partial charge in [-0.2, -0.15) is 0 Å². The molecule has 0 bridgehead atoms. The van der Waals surface area contributed by atoms with Crippen molar-refractivity contribution in [1.82, 2.24) is 5.32 Å². The summed E-state index contributed by atoms with van der Waals surface area (Å²) in [5, 5.41) is 2.96. The first kappa shape index (κ1) is 22.4. The average Bonchev–Trinajstić information content (AvgIpc) is 2.77. The number of amides is 1. The minimum atomic E-state index is -3.63. The zero-order chi connectivity index (χ0) is 22.4. The van der Waals surface area contributed by atoms with Crippen LogP contribution >= 0.6 is 0 Å². The first-order chi connectivity index (χ1) is 14.8. The van der Waals surface area contributed by atoms with Gasteiger partial charge < -0.3 is 10.1 Å². The van der Waals surface area contributed by atoms with E-state index in [2.05, 4.69) is 5.32 Å². The Bertz CT molecular complexity index is 1150. The third-order valence-corrected chi connectivity index (χ3v) is 6.07. The van der Waals surface area contributed by atoms with Gasteiger partial charge in [-0.3, -0.25) is 9.10 Å². The SMILES string of the molecule is COc1ccccc1C(C)NC(=O)c1ccccc1N(Cc1ccccc1)S(C)(=O)=O. The highest BCUT2D eigenvalue weighted by molar-refractivity contribution is 7.92. The van der Waals surface area contributed by atoms with E-state index in [1.165, 1.54) is 4.31 Å². The van der Waals surface area contributed by atoms with Gasteiger partial charge in [-0.05, 0) is 30.7 Å². The van der Waals surface area contributed by atoms with E-state index in [1.807, 2.05) is 61.5 Å². The molecule has 0 aliphatic heterocycles. The van der Waals surface area contributed by atoms with Crippen molar-refractivity contribution >= 4 is 21.6 Å². The minimum Gasteiger partial charge on any atom is -0.496 e. The maximum atomic E-state index is 13.2. The van der Waals surface area contributed by atoms with Gasteiger partial charge >= 0.3 is 0 Å². The van der Waals surface area contributed by atoms with Gasteiger partial charge in [0.15, 0.2) is 0 Å². The summed E-state index contributed by atoms with van der Waals surface area (Å²) in [5.41, 5.74) is 2.27. The number of carbonyl (C=O) groups is 1. The number of ether oxygens (including phenoxy) is 1. The maximum absolute atomic E-state index is 13.2. The van der Waals surface area contributed by atoms with E-state index in [1.54, 1.807) is 31.4 Å². The Morgan fingerprint density at radius 2 is 1.58 bits per heavy atom. The number of benzene rings is 3. The van der Waals surface area contributed by atoms with Crippen molar-refractivity contribution in [3.05, 3.63) is 95.6 Å². The van der Waals surface area contributed by atoms with Gasteiger partial charge in [-0.25, -0.2) is 8.42 Å². The lowest BCUT2D eigenvalue weighted by Crippen LogP contribution is -2.33. The molecule has 6 nitrogen and oxygen atoms in total. The van der Waals surface area contributed by atoms with Crippen LogP contribution in [0.3, 0.4) is 0 Å². The molecule has 1 amide bonds. The number of rotatable bonds is 8. The van der Waals surface area contributed by atoms with Gasteiger partial charge in [0, 0.05) is 5.56 Å². The van der Waals surface area contributed by atoms with E-state index in [4.69, 9.17) is 4.74 Å². The molecule has 0 fully saturated rings. The van der Waals surface area contributed by atoms with Crippen LogP contribution in [0.15, 0.2) is 78.9 Å². The Kier molecular flexibility index (Phi) is 6.97. The van der Waals surface area contributed by atoms with E-state index in [0.29, 0.717) is 11.4 Å².